The predicted molar refractivity (Wildman–Crippen MR) is 383 cm³/mol. The molecular formula is C70H111IO16SSi4. The third-order valence-electron chi connectivity index (χ3n) is 20.1. The third-order valence-corrected chi connectivity index (χ3v) is 40.5. The number of benzene rings is 3. The maximum absolute atomic E-state index is 15.7. The molecule has 22 heteroatoms. The molecule has 0 radical (unpaired) electrons. The fourth-order valence-electron chi connectivity index (χ4n) is 10.5. The number of ether oxygens (including phenoxy) is 7. The number of allylic oxidation sites excluding steroid dienone is 2. The summed E-state index contributed by atoms with van der Waals surface area (Å²) in [6.45, 7) is 44.5. The van der Waals surface area contributed by atoms with E-state index in [1.807, 2.05) is 4.08 Å². The third kappa shape index (κ3) is 20.3. The molecule has 5 rings (SSSR count). The van der Waals surface area contributed by atoms with Gasteiger partial charge < -0.3 is 50.9 Å². The Morgan fingerprint density at radius 1 is 0.576 bits per heavy atom. The summed E-state index contributed by atoms with van der Waals surface area (Å²) >= 11 is 2.27. The number of carbonyl (C=O) groups excluding carboxylic acids is 3. The smallest absolute Gasteiger partial charge is 0.338 e. The quantitative estimate of drug-likeness (QED) is 0.0201. The molecule has 12 atom stereocenters. The van der Waals surface area contributed by atoms with E-state index >= 15 is 13.2 Å². The molecule has 9 unspecified atom stereocenters. The Bertz CT molecular complexity index is 3010. The van der Waals surface area contributed by atoms with Crippen molar-refractivity contribution < 1.29 is 73.7 Å². The van der Waals surface area contributed by atoms with Gasteiger partial charge in [0.25, 0.3) is 0 Å². The predicted octanol–water partition coefficient (Wildman–Crippen LogP) is 15.9. The van der Waals surface area contributed by atoms with Gasteiger partial charge in [-0.2, -0.15) is 0 Å². The topological polar surface area (TPSA) is 187 Å². The van der Waals surface area contributed by atoms with Gasteiger partial charge in [-0.05, 0) is 138 Å². The Hall–Kier alpha value is -3.06. The lowest BCUT2D eigenvalue weighted by Crippen LogP contribution is -2.69. The highest BCUT2D eigenvalue weighted by atomic mass is 127. The van der Waals surface area contributed by atoms with Gasteiger partial charge in [0.2, 0.25) is 0 Å². The number of hydrogen-bond donors (Lipinski definition) is 0. The van der Waals surface area contributed by atoms with E-state index in [9.17, 15) is 9.59 Å². The van der Waals surface area contributed by atoms with E-state index in [1.165, 1.54) is 39.5 Å². The zero-order chi connectivity index (χ0) is 69.2. The van der Waals surface area contributed by atoms with Crippen LogP contribution in [-0.2, 0) is 65.5 Å². The second kappa shape index (κ2) is 32.5. The van der Waals surface area contributed by atoms with Crippen LogP contribution in [0, 0.1) is 5.92 Å². The standard InChI is InChI=1S/C70H111IO16SSi4/c1-67(2,3)89(16,17)84-54(43-44-71)60-62(86-91(20,21)69(7,8)9)63(87-92(22,23)70(10,11)12)61(85-90(18,19)68(4,5)6)53(83-60)42-34-33-41-52(72)64(88(75,76)51-39-31-26-32-40-51)58-55(46-57(77-13)78-14)82-56(59(58)79-15)45-50(81-66(74)49-37-29-25-30-38-49)47-80-65(73)48-35-27-24-28-36-48/h24-33,35-41,43-44,50,53-64H,34,42,45-47H2,1-23H3/b41-33-,44-43+/t50?,53-,54?,55?,56+,58?,59-,60?,61?,62?,63?,64?/m0/s1. The Kier molecular flexibility index (Phi) is 28.2. The first-order chi connectivity index (χ1) is 42.5. The second-order valence-corrected chi connectivity index (χ2v) is 52.5. The van der Waals surface area contributed by atoms with Crippen molar-refractivity contribution in [3.05, 3.63) is 124 Å². The van der Waals surface area contributed by atoms with Crippen molar-refractivity contribution in [2.45, 2.75) is 259 Å². The minimum atomic E-state index is -4.56. The average Bonchev–Trinajstić information content (AvgIpc) is 1.10. The molecule has 92 heavy (non-hydrogen) atoms. The van der Waals surface area contributed by atoms with Crippen molar-refractivity contribution in [3.63, 3.8) is 0 Å². The number of halogens is 1. The summed E-state index contributed by atoms with van der Waals surface area (Å²) in [5.41, 5.74) is 0.548. The molecule has 16 nitrogen and oxygen atoms in total. The molecule has 0 spiro atoms. The number of methoxy groups -OCH3 is 3. The Labute approximate surface area is 570 Å². The van der Waals surface area contributed by atoms with E-state index in [0.717, 1.165) is 0 Å². The minimum Gasteiger partial charge on any atom is -0.458 e. The molecule has 3 aromatic carbocycles. The van der Waals surface area contributed by atoms with Crippen molar-refractivity contribution in [1.82, 2.24) is 0 Å². The highest BCUT2D eigenvalue weighted by Gasteiger charge is 2.59. The summed E-state index contributed by atoms with van der Waals surface area (Å²) in [6, 6.07) is 24.7. The van der Waals surface area contributed by atoms with Crippen LogP contribution < -0.4 is 0 Å². The normalized spacial score (nSPS) is 23.6. The number of sulfone groups is 1. The first-order valence-corrected chi connectivity index (χ1v) is 46.8. The van der Waals surface area contributed by atoms with E-state index in [0.29, 0.717) is 6.42 Å². The van der Waals surface area contributed by atoms with Crippen LogP contribution in [0.2, 0.25) is 72.5 Å². The number of carbonyl (C=O) groups is 3. The Morgan fingerprint density at radius 3 is 1.51 bits per heavy atom. The summed E-state index contributed by atoms with van der Waals surface area (Å²) in [7, 11) is -10.6. The van der Waals surface area contributed by atoms with Gasteiger partial charge >= 0.3 is 11.9 Å². The molecule has 2 saturated heterocycles. The van der Waals surface area contributed by atoms with E-state index in [2.05, 4.69) is 164 Å². The molecule has 3 aromatic rings. The highest BCUT2D eigenvalue weighted by Crippen LogP contribution is 2.49. The molecular weight excluding hydrogens is 1370 g/mol. The Balaban J connectivity index is 1.68. The van der Waals surface area contributed by atoms with Crippen molar-refractivity contribution in [2.24, 2.45) is 5.92 Å². The van der Waals surface area contributed by atoms with Crippen LogP contribution in [0.3, 0.4) is 0 Å². The molecule has 2 fully saturated rings. The van der Waals surface area contributed by atoms with Gasteiger partial charge in [-0.1, -0.05) is 166 Å². The van der Waals surface area contributed by atoms with Crippen LogP contribution in [0.4, 0.5) is 0 Å². The molecule has 2 aliphatic rings. The van der Waals surface area contributed by atoms with Crippen LogP contribution in [0.5, 0.6) is 0 Å². The van der Waals surface area contributed by atoms with Crippen LogP contribution in [-0.4, -0.2) is 160 Å². The molecule has 0 aromatic heterocycles. The molecule has 0 saturated carbocycles. The van der Waals surface area contributed by atoms with Gasteiger partial charge in [-0.15, -0.1) is 0 Å². The van der Waals surface area contributed by atoms with Gasteiger partial charge in [-0.3, -0.25) is 4.79 Å². The van der Waals surface area contributed by atoms with Gasteiger partial charge in [0, 0.05) is 40.1 Å². The number of rotatable bonds is 30. The summed E-state index contributed by atoms with van der Waals surface area (Å²) in [6.07, 6.45) is -3.27. The maximum atomic E-state index is 15.7. The van der Waals surface area contributed by atoms with Crippen molar-refractivity contribution >= 4 is 83.4 Å². The summed E-state index contributed by atoms with van der Waals surface area (Å²) < 4.78 is 108. The van der Waals surface area contributed by atoms with Crippen molar-refractivity contribution in [2.75, 3.05) is 27.9 Å². The first kappa shape index (κ1) is 79.6. The van der Waals surface area contributed by atoms with Gasteiger partial charge in [0.15, 0.2) is 55.2 Å². The largest absolute Gasteiger partial charge is 0.458 e. The fourth-order valence-corrected chi connectivity index (χ4v) is 18.0. The van der Waals surface area contributed by atoms with Crippen LogP contribution >= 0.6 is 22.6 Å². The lowest BCUT2D eigenvalue weighted by atomic mass is 9.87. The van der Waals surface area contributed by atoms with Crippen LogP contribution in [0.25, 0.3) is 0 Å². The first-order valence-electron chi connectivity index (χ1n) is 32.3. The lowest BCUT2D eigenvalue weighted by molar-refractivity contribution is -0.225. The summed E-state index contributed by atoms with van der Waals surface area (Å²) in [4.78, 5) is 42.8. The number of esters is 2. The molecule has 516 valence electrons. The molecule has 2 aliphatic heterocycles. The SMILES string of the molecule is COC(CC1O[C@H](CC(COC(=O)c2ccccc2)OC(=O)c2ccccc2)[C@H](OC)C1C(C(=O)/C=C\CC[C@@H]1OC(C(/C=C/I)O[Si](C)(C)C(C)(C)C)C(O[Si](C)(C)C(C)(C)C)C(O[Si](C)(C)C(C)(C)C)C1O[Si](C)(C)C(C)(C)C)S(=O)(=O)c1ccccc1)OC. The maximum Gasteiger partial charge on any atom is 0.338 e. The molecule has 0 amide bonds. The second-order valence-electron chi connectivity index (χ2n) is 30.7. The summed E-state index contributed by atoms with van der Waals surface area (Å²) in [5.74, 6) is -3.24. The van der Waals surface area contributed by atoms with Gasteiger partial charge in [0.05, 0.1) is 52.6 Å². The van der Waals surface area contributed by atoms with E-state index < -0.39 is 139 Å². The zero-order valence-corrected chi connectivity index (χ0v) is 66.3. The van der Waals surface area contributed by atoms with Crippen molar-refractivity contribution in [3.8, 4) is 0 Å². The molecule has 0 N–H and O–H groups in total. The van der Waals surface area contributed by atoms with Gasteiger partial charge in [-0.25, -0.2) is 18.0 Å². The molecule has 0 bridgehead atoms. The fraction of sp³-hybridized carbons (Fsp3) is 0.643. The molecule has 2 heterocycles. The van der Waals surface area contributed by atoms with Gasteiger partial charge in [0.1, 0.15) is 36.3 Å². The highest BCUT2D eigenvalue weighted by molar-refractivity contribution is 14.1. The number of ketones is 1. The monoisotopic (exact) mass is 1480 g/mol. The van der Waals surface area contributed by atoms with E-state index in [-0.39, 0.29) is 62.0 Å². The van der Waals surface area contributed by atoms with Crippen LogP contribution in [0.15, 0.2) is 118 Å². The minimum absolute atomic E-state index is 0.0236. The average molecular weight is 1480 g/mol. The summed E-state index contributed by atoms with van der Waals surface area (Å²) in [5, 5.41) is -2.54. The number of hydrogen-bond acceptors (Lipinski definition) is 16. The van der Waals surface area contributed by atoms with E-state index in [1.54, 1.807) is 84.9 Å². The van der Waals surface area contributed by atoms with Crippen LogP contribution in [0.1, 0.15) is 129 Å². The Morgan fingerprint density at radius 2 is 1.04 bits per heavy atom. The van der Waals surface area contributed by atoms with Crippen molar-refractivity contribution in [1.29, 1.82) is 0 Å². The lowest BCUT2D eigenvalue weighted by Gasteiger charge is -2.56. The molecule has 0 aliphatic carbocycles. The zero-order valence-electron chi connectivity index (χ0n) is 59.3. The van der Waals surface area contributed by atoms with E-state index in [4.69, 9.17) is 50.9 Å².